The van der Waals surface area contributed by atoms with E-state index in [0.29, 0.717) is 0 Å². The van der Waals surface area contributed by atoms with Crippen molar-refractivity contribution >= 4 is 33.3 Å². The Hall–Kier alpha value is -3.35. The van der Waals surface area contributed by atoms with Crippen LogP contribution < -0.4 is 5.32 Å². The first-order valence-electron chi connectivity index (χ1n) is 6.94. The number of nitrogens with one attached hydrogen (secondary N) is 1. The summed E-state index contributed by atoms with van der Waals surface area (Å²) in [5, 5.41) is 12.7. The van der Waals surface area contributed by atoms with Gasteiger partial charge < -0.3 is 14.5 Å². The van der Waals surface area contributed by atoms with Crippen LogP contribution >= 0.6 is 0 Å². The topological polar surface area (TPSA) is 146 Å². The fourth-order valence-corrected chi connectivity index (χ4v) is 2.49. The van der Waals surface area contributed by atoms with E-state index in [1.807, 2.05) is 0 Å². The number of ether oxygens (including phenoxy) is 1. The lowest BCUT2D eigenvalue weighted by molar-refractivity contribution is -0.402. The minimum atomic E-state index is -4.75. The van der Waals surface area contributed by atoms with Gasteiger partial charge in [-0.1, -0.05) is 0 Å². The molecule has 10 nitrogen and oxygen atoms in total. The van der Waals surface area contributed by atoms with E-state index in [-0.39, 0.29) is 5.69 Å². The van der Waals surface area contributed by atoms with Crippen LogP contribution in [0.4, 0.5) is 20.4 Å². The summed E-state index contributed by atoms with van der Waals surface area (Å²) in [6.07, 6.45) is 0. The van der Waals surface area contributed by atoms with Crippen molar-refractivity contribution in [3.63, 3.8) is 0 Å². The molecule has 0 unspecified atom stereocenters. The lowest BCUT2D eigenvalue weighted by atomic mass is 10.3. The molecule has 0 saturated heterocycles. The summed E-state index contributed by atoms with van der Waals surface area (Å²) in [5.41, 5.74) is 0.0675. The van der Waals surface area contributed by atoms with E-state index in [2.05, 4.69) is 14.5 Å². The van der Waals surface area contributed by atoms with Crippen LogP contribution in [0.1, 0.15) is 10.6 Å². The molecule has 0 aliphatic carbocycles. The molecule has 2 aromatic rings. The molecule has 0 radical (unpaired) electrons. The monoisotopic (exact) mass is 404 g/mol. The molecule has 0 saturated carbocycles. The molecule has 0 fully saturated rings. The first-order valence-corrected chi connectivity index (χ1v) is 8.49. The average molecular weight is 404 g/mol. The summed E-state index contributed by atoms with van der Waals surface area (Å²) in [7, 11) is -4.75. The summed E-state index contributed by atoms with van der Waals surface area (Å²) in [5.74, 6) is -6.67. The minimum absolute atomic E-state index is 0.0675. The van der Waals surface area contributed by atoms with E-state index in [1.54, 1.807) is 0 Å². The minimum Gasteiger partial charge on any atom is -0.450 e. The second-order valence-electron chi connectivity index (χ2n) is 4.85. The number of halogens is 2. The fourth-order valence-electron chi connectivity index (χ4n) is 1.77. The zero-order chi connectivity index (χ0) is 20.2. The lowest BCUT2D eigenvalue weighted by Gasteiger charge is -2.07. The molecule has 0 spiro atoms. The third-order valence-electron chi connectivity index (χ3n) is 3.01. The van der Waals surface area contributed by atoms with Gasteiger partial charge in [-0.15, -0.1) is 0 Å². The van der Waals surface area contributed by atoms with Crippen LogP contribution in [0.2, 0.25) is 0 Å². The highest BCUT2D eigenvalue weighted by Crippen LogP contribution is 2.20. The van der Waals surface area contributed by atoms with Crippen molar-refractivity contribution in [1.29, 1.82) is 0 Å². The number of nitrogens with zero attached hydrogens (tertiary/aromatic N) is 1. The Bertz CT molecular complexity index is 969. The van der Waals surface area contributed by atoms with Gasteiger partial charge in [-0.3, -0.25) is 14.9 Å². The molecule has 1 N–H and O–H groups in total. The summed E-state index contributed by atoms with van der Waals surface area (Å²) in [4.78, 5) is 32.2. The van der Waals surface area contributed by atoms with E-state index in [0.717, 1.165) is 36.4 Å². The van der Waals surface area contributed by atoms with Crippen LogP contribution in [0.25, 0.3) is 0 Å². The van der Waals surface area contributed by atoms with Gasteiger partial charge in [0.25, 0.3) is 5.91 Å². The van der Waals surface area contributed by atoms with Crippen LogP contribution in [0.15, 0.2) is 45.7 Å². The van der Waals surface area contributed by atoms with E-state index in [9.17, 15) is 36.9 Å². The Balaban J connectivity index is 1.92. The molecule has 0 aliphatic heterocycles. The number of carbonyl (C=O) groups is 2. The first-order chi connectivity index (χ1) is 12.6. The Labute approximate surface area is 149 Å². The smallest absolute Gasteiger partial charge is 0.433 e. The van der Waals surface area contributed by atoms with Crippen molar-refractivity contribution in [3.05, 3.63) is 52.3 Å². The Morgan fingerprint density at radius 3 is 2.33 bits per heavy atom. The zero-order valence-electron chi connectivity index (χ0n) is 13.1. The van der Waals surface area contributed by atoms with E-state index in [4.69, 9.17) is 0 Å². The highest BCUT2D eigenvalue weighted by molar-refractivity contribution is 7.91. The third kappa shape index (κ3) is 4.84. The normalized spacial score (nSPS) is 11.2. The van der Waals surface area contributed by atoms with Gasteiger partial charge >= 0.3 is 17.6 Å². The van der Waals surface area contributed by atoms with Crippen LogP contribution in [0.5, 0.6) is 0 Å². The van der Waals surface area contributed by atoms with Crippen molar-refractivity contribution in [3.8, 4) is 0 Å². The highest BCUT2D eigenvalue weighted by atomic mass is 32.2. The number of rotatable bonds is 7. The second-order valence-corrected chi connectivity index (χ2v) is 6.77. The molecule has 1 amide bonds. The number of sulfone groups is 1. The Morgan fingerprint density at radius 1 is 1.19 bits per heavy atom. The van der Waals surface area contributed by atoms with Crippen molar-refractivity contribution < 1.29 is 40.9 Å². The number of hydrogen-bond acceptors (Lipinski definition) is 8. The average Bonchev–Trinajstić information content (AvgIpc) is 3.10. The second kappa shape index (κ2) is 7.90. The molecule has 1 aromatic heterocycles. The third-order valence-corrected chi connectivity index (χ3v) is 4.41. The summed E-state index contributed by atoms with van der Waals surface area (Å²) >= 11 is 0. The number of amides is 1. The summed E-state index contributed by atoms with van der Waals surface area (Å²) in [6, 6.07) is 5.85. The van der Waals surface area contributed by atoms with Crippen LogP contribution in [-0.2, 0) is 19.4 Å². The SMILES string of the molecule is O=C(COC(=O)c1ccc([N+](=O)[O-])o1)Nc1ccc(S(=O)(=O)C(F)F)cc1. The van der Waals surface area contributed by atoms with Crippen LogP contribution in [-0.4, -0.2) is 37.6 Å². The molecule has 1 aromatic carbocycles. The predicted octanol–water partition coefficient (Wildman–Crippen LogP) is 1.98. The zero-order valence-corrected chi connectivity index (χ0v) is 13.9. The van der Waals surface area contributed by atoms with Gasteiger partial charge in [0.05, 0.1) is 11.0 Å². The molecule has 1 heterocycles. The maximum atomic E-state index is 12.4. The molecule has 2 rings (SSSR count). The summed E-state index contributed by atoms with van der Waals surface area (Å²) < 4.78 is 56.6. The van der Waals surface area contributed by atoms with E-state index in [1.165, 1.54) is 0 Å². The number of hydrogen-bond donors (Lipinski definition) is 1. The van der Waals surface area contributed by atoms with Gasteiger partial charge in [-0.2, -0.15) is 8.78 Å². The maximum Gasteiger partial charge on any atom is 0.433 e. The lowest BCUT2D eigenvalue weighted by Crippen LogP contribution is -2.20. The van der Waals surface area contributed by atoms with Crippen molar-refractivity contribution in [1.82, 2.24) is 0 Å². The van der Waals surface area contributed by atoms with Gasteiger partial charge in [-0.25, -0.2) is 13.2 Å². The number of esters is 1. The van der Waals surface area contributed by atoms with Crippen molar-refractivity contribution in [2.45, 2.75) is 10.7 Å². The van der Waals surface area contributed by atoms with Crippen molar-refractivity contribution in [2.24, 2.45) is 0 Å². The van der Waals surface area contributed by atoms with Crippen molar-refractivity contribution in [2.75, 3.05) is 11.9 Å². The Morgan fingerprint density at radius 2 is 1.81 bits per heavy atom. The van der Waals surface area contributed by atoms with E-state index < -0.39 is 55.5 Å². The number of alkyl halides is 2. The Kier molecular flexibility index (Phi) is 5.85. The molecule has 13 heteroatoms. The number of furan rings is 1. The molecular weight excluding hydrogens is 394 g/mol. The maximum absolute atomic E-state index is 12.4. The van der Waals surface area contributed by atoms with E-state index >= 15 is 0 Å². The van der Waals surface area contributed by atoms with Gasteiger partial charge in [0, 0.05) is 5.69 Å². The standard InChI is InChI=1S/C14H10F2N2O8S/c15-14(16)27(23,24)9-3-1-8(2-4-9)17-11(19)7-25-13(20)10-5-6-12(26-10)18(21)22/h1-6,14H,7H2,(H,17,19). The first kappa shape index (κ1) is 20.0. The van der Waals surface area contributed by atoms with Crippen LogP contribution in [0.3, 0.4) is 0 Å². The van der Waals surface area contributed by atoms with Gasteiger partial charge in [0.2, 0.25) is 15.6 Å². The number of nitro groups is 1. The van der Waals surface area contributed by atoms with Gasteiger partial charge in [0.15, 0.2) is 6.61 Å². The van der Waals surface area contributed by atoms with Gasteiger partial charge in [-0.05, 0) is 30.3 Å². The summed E-state index contributed by atoms with van der Waals surface area (Å²) in [6.45, 7) is -0.773. The molecule has 27 heavy (non-hydrogen) atoms. The largest absolute Gasteiger partial charge is 0.450 e. The molecule has 144 valence electrons. The molecule has 0 atom stereocenters. The van der Waals surface area contributed by atoms with Crippen LogP contribution in [0, 0.1) is 10.1 Å². The predicted molar refractivity (Wildman–Crippen MR) is 83.9 cm³/mol. The quantitative estimate of drug-likeness (QED) is 0.419. The molecular formula is C14H10F2N2O8S. The molecule has 0 bridgehead atoms. The number of carbonyl (C=O) groups excluding carboxylic acids is 2. The highest BCUT2D eigenvalue weighted by Gasteiger charge is 2.26. The molecule has 0 aliphatic rings. The number of benzene rings is 1. The number of anilines is 1. The fraction of sp³-hybridized carbons (Fsp3) is 0.143. The van der Waals surface area contributed by atoms with Gasteiger partial charge in [0.1, 0.15) is 4.92 Å².